The summed E-state index contributed by atoms with van der Waals surface area (Å²) < 4.78 is 24.5. The van der Waals surface area contributed by atoms with Gasteiger partial charge in [-0.3, -0.25) is 14.5 Å². The molecule has 34 heavy (non-hydrogen) atoms. The summed E-state index contributed by atoms with van der Waals surface area (Å²) >= 11 is 8.13. The quantitative estimate of drug-likeness (QED) is 0.474. The van der Waals surface area contributed by atoms with E-state index >= 15 is 0 Å². The molecule has 1 saturated heterocycles. The summed E-state index contributed by atoms with van der Waals surface area (Å²) in [5, 5.41) is 12.0. The molecule has 5 rings (SSSR count). The lowest BCUT2D eigenvalue weighted by molar-refractivity contribution is -0.304. The van der Waals surface area contributed by atoms with Crippen LogP contribution in [-0.2, 0) is 49.4 Å². The number of pyridine rings is 1. The van der Waals surface area contributed by atoms with Crippen molar-refractivity contribution in [3.8, 4) is 11.1 Å². The van der Waals surface area contributed by atoms with E-state index in [-0.39, 0.29) is 54.1 Å². The number of thiophene rings is 1. The van der Waals surface area contributed by atoms with Crippen molar-refractivity contribution in [1.29, 1.82) is 0 Å². The Labute approximate surface area is 204 Å². The first kappa shape index (κ1) is 22.9. The third-order valence-corrected chi connectivity index (χ3v) is 9.37. The van der Waals surface area contributed by atoms with Gasteiger partial charge < -0.3 is 9.90 Å². The highest BCUT2D eigenvalue weighted by molar-refractivity contribution is 7.90. The van der Waals surface area contributed by atoms with E-state index in [0.717, 1.165) is 15.8 Å². The van der Waals surface area contributed by atoms with Gasteiger partial charge in [0.2, 0.25) is 11.8 Å². The lowest BCUT2D eigenvalue weighted by Gasteiger charge is -2.18. The van der Waals surface area contributed by atoms with Crippen LogP contribution in [0.2, 0.25) is 5.02 Å². The second-order valence-corrected chi connectivity index (χ2v) is 12.0. The summed E-state index contributed by atoms with van der Waals surface area (Å²) in [6.45, 7) is -0.0664. The Bertz CT molecular complexity index is 1460. The van der Waals surface area contributed by atoms with Gasteiger partial charge in [0, 0.05) is 41.1 Å². The first-order valence-corrected chi connectivity index (χ1v) is 13.6. The normalized spacial score (nSPS) is 17.4. The Morgan fingerprint density at radius 1 is 1.12 bits per heavy atom. The van der Waals surface area contributed by atoms with Gasteiger partial charge in [-0.05, 0) is 23.1 Å². The van der Waals surface area contributed by atoms with Crippen molar-refractivity contribution in [1.82, 2.24) is 9.88 Å². The molecular formula is C23H18ClN2O6S2-. The fourth-order valence-electron chi connectivity index (χ4n) is 4.45. The predicted octanol–water partition coefficient (Wildman–Crippen LogP) is 2.03. The molecule has 2 aliphatic heterocycles. The van der Waals surface area contributed by atoms with Crippen LogP contribution in [0, 0.1) is 0 Å². The van der Waals surface area contributed by atoms with E-state index in [1.807, 2.05) is 0 Å². The number of imide groups is 1. The molecule has 2 amide bonds. The van der Waals surface area contributed by atoms with Crippen LogP contribution in [0.5, 0.6) is 0 Å². The topological polar surface area (TPSA) is 125 Å². The van der Waals surface area contributed by atoms with E-state index in [1.165, 1.54) is 11.3 Å². The minimum atomic E-state index is -3.20. The zero-order valence-electron chi connectivity index (χ0n) is 17.8. The van der Waals surface area contributed by atoms with Gasteiger partial charge >= 0.3 is 0 Å². The van der Waals surface area contributed by atoms with E-state index in [4.69, 9.17) is 11.6 Å². The first-order chi connectivity index (χ1) is 16.1. The zero-order chi connectivity index (χ0) is 24.2. The molecule has 2 aromatic heterocycles. The molecule has 2 aliphatic rings. The minimum absolute atomic E-state index is 0.0337. The lowest BCUT2D eigenvalue weighted by atomic mass is 9.96. The highest BCUT2D eigenvalue weighted by atomic mass is 35.5. The highest BCUT2D eigenvalue weighted by Crippen LogP contribution is 2.45. The SMILES string of the molecule is O=C([O-])Cc1ccc(-c2c(Cl)c(CN3C(=O)CCC3=O)nc3sc4c(c23)CCS(=O)(=O)C4)cc1. The van der Waals surface area contributed by atoms with Crippen LogP contribution in [0.4, 0.5) is 0 Å². The largest absolute Gasteiger partial charge is 0.550 e. The number of amides is 2. The molecule has 0 aliphatic carbocycles. The molecule has 0 N–H and O–H groups in total. The molecule has 1 fully saturated rings. The molecule has 0 unspecified atom stereocenters. The van der Waals surface area contributed by atoms with E-state index < -0.39 is 15.8 Å². The average Bonchev–Trinajstić information content (AvgIpc) is 3.27. The van der Waals surface area contributed by atoms with Crippen LogP contribution in [0.1, 0.15) is 34.5 Å². The van der Waals surface area contributed by atoms with Crippen molar-refractivity contribution in [2.75, 3.05) is 5.75 Å². The number of carboxylic acid groups (broad SMARTS) is 1. The molecule has 4 heterocycles. The monoisotopic (exact) mass is 517 g/mol. The molecule has 0 radical (unpaired) electrons. The fourth-order valence-corrected chi connectivity index (χ4v) is 7.81. The number of carboxylic acids is 1. The Hall–Kier alpha value is -2.82. The van der Waals surface area contributed by atoms with E-state index in [0.29, 0.717) is 38.5 Å². The summed E-state index contributed by atoms with van der Waals surface area (Å²) in [6.07, 6.45) is 0.414. The number of nitrogens with zero attached hydrogens (tertiary/aromatic N) is 2. The number of sulfone groups is 1. The second-order valence-electron chi connectivity index (χ2n) is 8.39. The van der Waals surface area contributed by atoms with Gasteiger partial charge in [-0.1, -0.05) is 35.9 Å². The van der Waals surface area contributed by atoms with Gasteiger partial charge in [0.05, 0.1) is 28.8 Å². The number of rotatable bonds is 5. The van der Waals surface area contributed by atoms with E-state index in [9.17, 15) is 27.9 Å². The highest BCUT2D eigenvalue weighted by Gasteiger charge is 2.32. The molecule has 8 nitrogen and oxygen atoms in total. The van der Waals surface area contributed by atoms with Crippen molar-refractivity contribution >= 4 is 60.8 Å². The van der Waals surface area contributed by atoms with Crippen LogP contribution < -0.4 is 5.11 Å². The maximum absolute atomic E-state index is 12.2. The van der Waals surface area contributed by atoms with Crippen LogP contribution >= 0.6 is 22.9 Å². The Kier molecular flexibility index (Phi) is 5.70. The van der Waals surface area contributed by atoms with Crippen LogP contribution in [-0.4, -0.2) is 41.8 Å². The van der Waals surface area contributed by atoms with E-state index in [2.05, 4.69) is 4.98 Å². The number of hydrogen-bond acceptors (Lipinski definition) is 8. The summed E-state index contributed by atoms with van der Waals surface area (Å²) in [5.74, 6) is -1.79. The third-order valence-electron chi connectivity index (χ3n) is 6.10. The number of carbonyl (C=O) groups is 3. The molecule has 1 aromatic carbocycles. The van der Waals surface area contributed by atoms with E-state index in [1.54, 1.807) is 24.3 Å². The van der Waals surface area contributed by atoms with Crippen molar-refractivity contribution in [2.45, 2.75) is 38.0 Å². The summed E-state index contributed by atoms with van der Waals surface area (Å²) in [6, 6.07) is 6.84. The van der Waals surface area contributed by atoms with Crippen molar-refractivity contribution < 1.29 is 27.9 Å². The molecular weight excluding hydrogens is 500 g/mol. The molecule has 0 saturated carbocycles. The van der Waals surface area contributed by atoms with Gasteiger partial charge in [0.1, 0.15) is 4.83 Å². The molecule has 0 spiro atoms. The lowest BCUT2D eigenvalue weighted by Crippen LogP contribution is -2.29. The van der Waals surface area contributed by atoms with Crippen LogP contribution in [0.3, 0.4) is 0 Å². The zero-order valence-corrected chi connectivity index (χ0v) is 20.2. The summed E-state index contributed by atoms with van der Waals surface area (Å²) in [4.78, 5) is 42.4. The number of aryl methyl sites for hydroxylation is 1. The molecule has 11 heteroatoms. The standard InChI is InChI=1S/C23H19ClN2O6S2/c24-22-15(10-26-17(27)5-6-18(26)28)25-23-21(14-7-8-34(31,32)11-16(14)33-23)20(22)13-3-1-12(2-4-13)9-19(29)30/h1-4H,5-11H2,(H,29,30)/p-1. The van der Waals surface area contributed by atoms with Gasteiger partial charge in [-0.25, -0.2) is 13.4 Å². The Morgan fingerprint density at radius 3 is 2.44 bits per heavy atom. The fraction of sp³-hybridized carbons (Fsp3) is 0.304. The molecule has 0 atom stereocenters. The van der Waals surface area contributed by atoms with Crippen LogP contribution in [0.25, 0.3) is 21.3 Å². The first-order valence-electron chi connectivity index (χ1n) is 10.6. The number of hydrogen-bond donors (Lipinski definition) is 0. The molecule has 0 bridgehead atoms. The third kappa shape index (κ3) is 4.10. The van der Waals surface area contributed by atoms with Gasteiger partial charge in [0.25, 0.3) is 0 Å². The Morgan fingerprint density at radius 2 is 1.79 bits per heavy atom. The smallest absolute Gasteiger partial charge is 0.230 e. The van der Waals surface area contributed by atoms with Crippen molar-refractivity contribution in [3.05, 3.63) is 51.0 Å². The molecule has 176 valence electrons. The number of aliphatic carboxylic acids is 1. The van der Waals surface area contributed by atoms with Crippen LogP contribution in [0.15, 0.2) is 24.3 Å². The number of aromatic nitrogens is 1. The van der Waals surface area contributed by atoms with Gasteiger partial charge in [0.15, 0.2) is 9.84 Å². The average molecular weight is 518 g/mol. The van der Waals surface area contributed by atoms with Crippen molar-refractivity contribution in [3.63, 3.8) is 0 Å². The number of benzene rings is 1. The number of halogens is 1. The Balaban J connectivity index is 1.70. The van der Waals surface area contributed by atoms with Crippen molar-refractivity contribution in [2.24, 2.45) is 0 Å². The maximum Gasteiger partial charge on any atom is 0.230 e. The number of fused-ring (bicyclic) bond motifs is 3. The predicted molar refractivity (Wildman–Crippen MR) is 125 cm³/mol. The number of likely N-dealkylation sites (tertiary alicyclic amines) is 1. The summed E-state index contributed by atoms with van der Waals surface area (Å²) in [5.41, 5.74) is 3.15. The second kappa shape index (κ2) is 8.44. The maximum atomic E-state index is 12.2. The number of carbonyl (C=O) groups excluding carboxylic acids is 3. The summed E-state index contributed by atoms with van der Waals surface area (Å²) in [7, 11) is -3.20. The molecule has 3 aromatic rings. The minimum Gasteiger partial charge on any atom is -0.550 e. The van der Waals surface area contributed by atoms with Gasteiger partial charge in [-0.15, -0.1) is 11.3 Å². The van der Waals surface area contributed by atoms with Gasteiger partial charge in [-0.2, -0.15) is 0 Å².